The molecule has 0 aromatic heterocycles. The molecule has 2 amide bonds. The smallest absolute Gasteiger partial charge is 0.317 e. The Labute approximate surface area is 154 Å². The zero-order valence-corrected chi connectivity index (χ0v) is 15.6. The largest absolute Gasteiger partial charge is 0.481 e. The van der Waals surface area contributed by atoms with Gasteiger partial charge in [-0.05, 0) is 49.3 Å². The van der Waals surface area contributed by atoms with Crippen LogP contribution >= 0.6 is 11.6 Å². The lowest BCUT2D eigenvalue weighted by Gasteiger charge is -2.32. The number of piperidine rings is 1. The third kappa shape index (κ3) is 5.92. The fourth-order valence-electron chi connectivity index (χ4n) is 3.09. The van der Waals surface area contributed by atoms with E-state index in [9.17, 15) is 9.59 Å². The van der Waals surface area contributed by atoms with Crippen molar-refractivity contribution < 1.29 is 14.7 Å². The number of nitrogens with one attached hydrogen (secondary N) is 1. The summed E-state index contributed by atoms with van der Waals surface area (Å²) in [6, 6.07) is 7.39. The van der Waals surface area contributed by atoms with E-state index in [1.54, 1.807) is 4.90 Å². The van der Waals surface area contributed by atoms with Gasteiger partial charge in [-0.15, -0.1) is 0 Å². The molecule has 0 bridgehead atoms. The minimum Gasteiger partial charge on any atom is -0.481 e. The summed E-state index contributed by atoms with van der Waals surface area (Å²) in [5, 5.41) is 12.9. The lowest BCUT2D eigenvalue weighted by atomic mass is 9.96. The van der Waals surface area contributed by atoms with Gasteiger partial charge in [-0.2, -0.15) is 0 Å². The highest BCUT2D eigenvalue weighted by atomic mass is 35.5. The van der Waals surface area contributed by atoms with Crippen LogP contribution in [0.2, 0.25) is 5.02 Å². The predicted molar refractivity (Wildman–Crippen MR) is 98.7 cm³/mol. The standard InChI is InChI=1S/C19H27ClN2O3/c1-13(2)3-8-17(14-4-6-16(20)7-5-14)21-19(25)22-11-9-15(10-12-22)18(23)24/h4-7,13,15,17H,3,8-12H2,1-2H3,(H,21,25)(H,23,24). The lowest BCUT2D eigenvalue weighted by molar-refractivity contribution is -0.143. The van der Waals surface area contributed by atoms with E-state index in [4.69, 9.17) is 16.7 Å². The summed E-state index contributed by atoms with van der Waals surface area (Å²) in [6.45, 7) is 5.30. The maximum atomic E-state index is 12.6. The summed E-state index contributed by atoms with van der Waals surface area (Å²) >= 11 is 5.97. The van der Waals surface area contributed by atoms with Gasteiger partial charge in [0.05, 0.1) is 12.0 Å². The van der Waals surface area contributed by atoms with E-state index < -0.39 is 5.97 Å². The molecular formula is C19H27ClN2O3. The van der Waals surface area contributed by atoms with Crippen molar-refractivity contribution in [2.75, 3.05) is 13.1 Å². The summed E-state index contributed by atoms with van der Waals surface area (Å²) in [5.74, 6) is -0.550. The molecule has 1 heterocycles. The highest BCUT2D eigenvalue weighted by molar-refractivity contribution is 6.30. The van der Waals surface area contributed by atoms with Gasteiger partial charge in [0.25, 0.3) is 0 Å². The summed E-state index contributed by atoms with van der Waals surface area (Å²) in [4.78, 5) is 25.4. The Morgan fingerprint density at radius 2 is 1.80 bits per heavy atom. The van der Waals surface area contributed by atoms with Gasteiger partial charge < -0.3 is 15.3 Å². The average molecular weight is 367 g/mol. The fourth-order valence-corrected chi connectivity index (χ4v) is 3.21. The highest BCUT2D eigenvalue weighted by Gasteiger charge is 2.28. The van der Waals surface area contributed by atoms with Crippen molar-refractivity contribution in [1.29, 1.82) is 0 Å². The Morgan fingerprint density at radius 1 is 1.20 bits per heavy atom. The molecule has 1 aliphatic rings. The first-order valence-corrected chi connectivity index (χ1v) is 9.28. The van der Waals surface area contributed by atoms with E-state index in [1.165, 1.54) is 0 Å². The summed E-state index contributed by atoms with van der Waals surface area (Å²) in [6.07, 6.45) is 2.89. The van der Waals surface area contributed by atoms with Crippen molar-refractivity contribution in [3.05, 3.63) is 34.9 Å². The second-order valence-corrected chi connectivity index (χ2v) is 7.56. The number of nitrogens with zero attached hydrogens (tertiary/aromatic N) is 1. The van der Waals surface area contributed by atoms with Gasteiger partial charge >= 0.3 is 12.0 Å². The van der Waals surface area contributed by atoms with Gasteiger partial charge in [0, 0.05) is 18.1 Å². The number of rotatable bonds is 6. The first-order chi connectivity index (χ1) is 11.9. The zero-order chi connectivity index (χ0) is 18.4. The maximum absolute atomic E-state index is 12.6. The topological polar surface area (TPSA) is 69.6 Å². The van der Waals surface area contributed by atoms with Crippen molar-refractivity contribution in [2.45, 2.75) is 45.6 Å². The molecule has 0 spiro atoms. The molecular weight excluding hydrogens is 340 g/mol. The van der Waals surface area contributed by atoms with Crippen LogP contribution < -0.4 is 5.32 Å². The molecule has 0 radical (unpaired) electrons. The summed E-state index contributed by atoms with van der Waals surface area (Å²) < 4.78 is 0. The summed E-state index contributed by atoms with van der Waals surface area (Å²) in [5.41, 5.74) is 1.04. The fraction of sp³-hybridized carbons (Fsp3) is 0.579. The van der Waals surface area contributed by atoms with Crippen LogP contribution in [0, 0.1) is 11.8 Å². The number of benzene rings is 1. The predicted octanol–water partition coefficient (Wildman–Crippen LogP) is 4.32. The molecule has 1 fully saturated rings. The number of halogens is 1. The van der Waals surface area contributed by atoms with Gasteiger partial charge in [-0.25, -0.2) is 4.79 Å². The second kappa shape index (κ2) is 9.09. The Morgan fingerprint density at radius 3 is 2.32 bits per heavy atom. The number of carboxylic acid groups (broad SMARTS) is 1. The molecule has 1 saturated heterocycles. The normalized spacial score (nSPS) is 16.7. The monoisotopic (exact) mass is 366 g/mol. The van der Waals surface area contributed by atoms with E-state index in [-0.39, 0.29) is 18.0 Å². The highest BCUT2D eigenvalue weighted by Crippen LogP contribution is 2.24. The number of aliphatic carboxylic acids is 1. The number of hydrogen-bond acceptors (Lipinski definition) is 2. The van der Waals surface area contributed by atoms with Crippen LogP contribution in [0.15, 0.2) is 24.3 Å². The Hall–Kier alpha value is -1.75. The van der Waals surface area contributed by atoms with E-state index in [0.717, 1.165) is 18.4 Å². The van der Waals surface area contributed by atoms with Crippen molar-refractivity contribution in [3.63, 3.8) is 0 Å². The van der Waals surface area contributed by atoms with E-state index in [1.807, 2.05) is 24.3 Å². The third-order valence-corrected chi connectivity index (χ3v) is 4.99. The third-order valence-electron chi connectivity index (χ3n) is 4.73. The molecule has 138 valence electrons. The van der Waals surface area contributed by atoms with Crippen molar-refractivity contribution in [2.24, 2.45) is 11.8 Å². The van der Waals surface area contributed by atoms with Crippen molar-refractivity contribution >= 4 is 23.6 Å². The number of hydrogen-bond donors (Lipinski definition) is 2. The summed E-state index contributed by atoms with van der Waals surface area (Å²) in [7, 11) is 0. The molecule has 5 nitrogen and oxygen atoms in total. The Bertz CT molecular complexity index is 581. The minimum absolute atomic E-state index is 0.0654. The van der Waals surface area contributed by atoms with Gasteiger partial charge in [-0.3, -0.25) is 4.79 Å². The molecule has 2 rings (SSSR count). The number of urea groups is 1. The first-order valence-electron chi connectivity index (χ1n) is 8.90. The maximum Gasteiger partial charge on any atom is 0.317 e. The number of carbonyl (C=O) groups is 2. The molecule has 6 heteroatoms. The Balaban J connectivity index is 1.99. The minimum atomic E-state index is -0.768. The second-order valence-electron chi connectivity index (χ2n) is 7.12. The molecule has 1 aromatic rings. The van der Waals surface area contributed by atoms with E-state index in [2.05, 4.69) is 19.2 Å². The number of carboxylic acids is 1. The van der Waals surface area contributed by atoms with Crippen LogP contribution in [-0.4, -0.2) is 35.1 Å². The zero-order valence-electron chi connectivity index (χ0n) is 14.9. The quantitative estimate of drug-likeness (QED) is 0.787. The molecule has 1 atom stereocenters. The molecule has 1 aromatic carbocycles. The first kappa shape index (κ1) is 19.6. The van der Waals surface area contributed by atoms with Crippen LogP contribution in [0.1, 0.15) is 51.1 Å². The van der Waals surface area contributed by atoms with Crippen LogP contribution in [0.25, 0.3) is 0 Å². The van der Waals surface area contributed by atoms with Crippen molar-refractivity contribution in [3.8, 4) is 0 Å². The Kier molecular flexibility index (Phi) is 7.12. The number of amides is 2. The number of likely N-dealkylation sites (tertiary alicyclic amines) is 1. The van der Waals surface area contributed by atoms with E-state index in [0.29, 0.717) is 36.9 Å². The van der Waals surface area contributed by atoms with Crippen LogP contribution in [0.4, 0.5) is 4.79 Å². The lowest BCUT2D eigenvalue weighted by Crippen LogP contribution is -2.46. The average Bonchev–Trinajstić information content (AvgIpc) is 2.59. The van der Waals surface area contributed by atoms with Crippen LogP contribution in [0.5, 0.6) is 0 Å². The van der Waals surface area contributed by atoms with Crippen LogP contribution in [0.3, 0.4) is 0 Å². The van der Waals surface area contributed by atoms with Gasteiger partial charge in [0.1, 0.15) is 0 Å². The molecule has 1 unspecified atom stereocenters. The van der Waals surface area contributed by atoms with Gasteiger partial charge in [0.2, 0.25) is 0 Å². The molecule has 2 N–H and O–H groups in total. The number of carbonyl (C=O) groups excluding carboxylic acids is 1. The van der Waals surface area contributed by atoms with Gasteiger partial charge in [-0.1, -0.05) is 37.6 Å². The SMILES string of the molecule is CC(C)CCC(NC(=O)N1CCC(C(=O)O)CC1)c1ccc(Cl)cc1. The molecule has 0 aliphatic carbocycles. The van der Waals surface area contributed by atoms with E-state index >= 15 is 0 Å². The van der Waals surface area contributed by atoms with Crippen molar-refractivity contribution in [1.82, 2.24) is 10.2 Å². The molecule has 0 saturated carbocycles. The van der Waals surface area contributed by atoms with Gasteiger partial charge in [0.15, 0.2) is 0 Å². The molecule has 25 heavy (non-hydrogen) atoms. The van der Waals surface area contributed by atoms with Crippen LogP contribution in [-0.2, 0) is 4.79 Å². The molecule has 1 aliphatic heterocycles.